The predicted molar refractivity (Wildman–Crippen MR) is 113 cm³/mol. The first-order valence-corrected chi connectivity index (χ1v) is 11.1. The van der Waals surface area contributed by atoms with Gasteiger partial charge in [0.05, 0.1) is 6.04 Å². The summed E-state index contributed by atoms with van der Waals surface area (Å²) in [5, 5.41) is 14.0. The highest BCUT2D eigenvalue weighted by molar-refractivity contribution is 7.99. The van der Waals surface area contributed by atoms with Gasteiger partial charge in [0.25, 0.3) is 0 Å². The lowest BCUT2D eigenvalue weighted by atomic mass is 10.1. The van der Waals surface area contributed by atoms with Gasteiger partial charge in [0.15, 0.2) is 11.0 Å². The zero-order valence-electron chi connectivity index (χ0n) is 17.2. The predicted octanol–water partition coefficient (Wildman–Crippen LogP) is 2.89. The average Bonchev–Trinajstić information content (AvgIpc) is 3.18. The van der Waals surface area contributed by atoms with Gasteiger partial charge in [-0.2, -0.15) is 0 Å². The molecule has 1 aliphatic rings. The molecule has 1 saturated heterocycles. The van der Waals surface area contributed by atoms with Crippen LogP contribution in [0.1, 0.15) is 44.5 Å². The van der Waals surface area contributed by atoms with Crippen molar-refractivity contribution in [3.8, 4) is 5.69 Å². The van der Waals surface area contributed by atoms with E-state index in [9.17, 15) is 14.0 Å². The molecule has 0 bridgehead atoms. The highest BCUT2D eigenvalue weighted by Gasteiger charge is 2.25. The number of aromatic nitrogens is 3. The minimum absolute atomic E-state index is 0.0637. The first-order valence-electron chi connectivity index (χ1n) is 10.1. The third-order valence-corrected chi connectivity index (χ3v) is 6.03. The number of carbonyl (C=O) groups is 2. The molecule has 3 rings (SSSR count). The minimum Gasteiger partial charge on any atom is -0.341 e. The fourth-order valence-electron chi connectivity index (χ4n) is 3.43. The largest absolute Gasteiger partial charge is 0.341 e. The van der Waals surface area contributed by atoms with Gasteiger partial charge in [-0.15, -0.1) is 10.2 Å². The topological polar surface area (TPSA) is 92.2 Å². The number of thioether (sulfide) groups is 1. The zero-order valence-corrected chi connectivity index (χ0v) is 18.0. The second-order valence-corrected chi connectivity index (χ2v) is 8.21. The summed E-state index contributed by atoms with van der Waals surface area (Å²) in [7, 11) is 1.45. The maximum absolute atomic E-state index is 13.5. The van der Waals surface area contributed by atoms with Crippen LogP contribution in [-0.2, 0) is 4.79 Å². The third kappa shape index (κ3) is 5.57. The third-order valence-electron chi connectivity index (χ3n) is 5.10. The molecular formula is C20H27FN6O2S. The average molecular weight is 435 g/mol. The Hall–Kier alpha value is -2.46. The second-order valence-electron chi connectivity index (χ2n) is 7.15. The van der Waals surface area contributed by atoms with E-state index in [0.29, 0.717) is 10.9 Å². The van der Waals surface area contributed by atoms with E-state index in [1.165, 1.54) is 37.4 Å². The molecule has 162 valence electrons. The van der Waals surface area contributed by atoms with Crippen LogP contribution in [0, 0.1) is 5.82 Å². The molecule has 0 aliphatic carbocycles. The summed E-state index contributed by atoms with van der Waals surface area (Å²) in [5.74, 6) is 0.551. The van der Waals surface area contributed by atoms with Crippen molar-refractivity contribution in [2.45, 2.75) is 43.8 Å². The van der Waals surface area contributed by atoms with Crippen LogP contribution >= 0.6 is 11.8 Å². The van der Waals surface area contributed by atoms with Crippen LogP contribution in [0.4, 0.5) is 9.18 Å². The smallest absolute Gasteiger partial charge is 0.321 e. The quantitative estimate of drug-likeness (QED) is 0.651. The SMILES string of the molecule is CNC(=O)NC(=O)CCSc1nnc([C@H](C)N2CCCCC2)n1-c1ccc(F)cc1. The summed E-state index contributed by atoms with van der Waals surface area (Å²) in [6, 6.07) is 5.76. The molecule has 10 heteroatoms. The fraction of sp³-hybridized carbons (Fsp3) is 0.500. The number of rotatable bonds is 7. The molecule has 0 radical (unpaired) electrons. The lowest BCUT2D eigenvalue weighted by molar-refractivity contribution is -0.119. The molecular weight excluding hydrogens is 407 g/mol. The van der Waals surface area contributed by atoms with Crippen LogP contribution in [0.3, 0.4) is 0 Å². The van der Waals surface area contributed by atoms with E-state index in [-0.39, 0.29) is 24.2 Å². The molecule has 0 unspecified atom stereocenters. The molecule has 0 saturated carbocycles. The number of carbonyl (C=O) groups excluding carboxylic acids is 2. The number of hydrogen-bond acceptors (Lipinski definition) is 6. The molecule has 1 aromatic carbocycles. The first kappa shape index (κ1) is 22.2. The maximum Gasteiger partial charge on any atom is 0.321 e. The van der Waals surface area contributed by atoms with Crippen molar-refractivity contribution in [3.63, 3.8) is 0 Å². The van der Waals surface area contributed by atoms with Crippen LogP contribution in [0.5, 0.6) is 0 Å². The van der Waals surface area contributed by atoms with Gasteiger partial charge < -0.3 is 5.32 Å². The number of hydrogen-bond donors (Lipinski definition) is 2. The Morgan fingerprint density at radius 2 is 1.87 bits per heavy atom. The van der Waals surface area contributed by atoms with Crippen molar-refractivity contribution in [2.75, 3.05) is 25.9 Å². The fourth-order valence-corrected chi connectivity index (χ4v) is 4.33. The van der Waals surface area contributed by atoms with Gasteiger partial charge in [-0.3, -0.25) is 19.6 Å². The van der Waals surface area contributed by atoms with Crippen LogP contribution in [0.15, 0.2) is 29.4 Å². The molecule has 30 heavy (non-hydrogen) atoms. The van der Waals surface area contributed by atoms with Gasteiger partial charge in [-0.25, -0.2) is 9.18 Å². The zero-order chi connectivity index (χ0) is 21.5. The summed E-state index contributed by atoms with van der Waals surface area (Å²) < 4.78 is 15.4. The first-order chi connectivity index (χ1) is 14.5. The number of halogens is 1. The summed E-state index contributed by atoms with van der Waals surface area (Å²) in [4.78, 5) is 25.5. The van der Waals surface area contributed by atoms with E-state index in [0.717, 1.165) is 37.4 Å². The Kier molecular flexibility index (Phi) is 7.81. The molecule has 1 aliphatic heterocycles. The maximum atomic E-state index is 13.5. The minimum atomic E-state index is -0.530. The lowest BCUT2D eigenvalue weighted by Crippen LogP contribution is -2.37. The highest BCUT2D eigenvalue weighted by atomic mass is 32.2. The number of nitrogens with one attached hydrogen (secondary N) is 2. The Balaban J connectivity index is 1.78. The van der Waals surface area contributed by atoms with Crippen molar-refractivity contribution in [1.82, 2.24) is 30.3 Å². The number of piperidine rings is 1. The highest BCUT2D eigenvalue weighted by Crippen LogP contribution is 2.29. The lowest BCUT2D eigenvalue weighted by Gasteiger charge is -2.31. The van der Waals surface area contributed by atoms with Gasteiger partial charge in [-0.05, 0) is 57.1 Å². The molecule has 2 heterocycles. The van der Waals surface area contributed by atoms with E-state index in [2.05, 4.69) is 32.7 Å². The second kappa shape index (κ2) is 10.5. The summed E-state index contributed by atoms with van der Waals surface area (Å²) in [5.41, 5.74) is 0.776. The van der Waals surface area contributed by atoms with Gasteiger partial charge in [0.2, 0.25) is 5.91 Å². The molecule has 0 spiro atoms. The number of amides is 3. The Bertz CT molecular complexity index is 867. The number of likely N-dealkylation sites (tertiary alicyclic amines) is 1. The van der Waals surface area contributed by atoms with Crippen molar-refractivity contribution in [1.29, 1.82) is 0 Å². The van der Waals surface area contributed by atoms with Crippen molar-refractivity contribution >= 4 is 23.7 Å². The van der Waals surface area contributed by atoms with E-state index in [4.69, 9.17) is 0 Å². The van der Waals surface area contributed by atoms with Crippen molar-refractivity contribution in [2.24, 2.45) is 0 Å². The van der Waals surface area contributed by atoms with E-state index < -0.39 is 6.03 Å². The van der Waals surface area contributed by atoms with Gasteiger partial charge >= 0.3 is 6.03 Å². The molecule has 2 N–H and O–H groups in total. The molecule has 1 atom stereocenters. The Morgan fingerprint density at radius 1 is 1.17 bits per heavy atom. The van der Waals surface area contributed by atoms with E-state index >= 15 is 0 Å². The number of benzene rings is 1. The normalized spacial score (nSPS) is 15.6. The summed E-state index contributed by atoms with van der Waals surface area (Å²) in [6.45, 7) is 4.14. The number of imide groups is 1. The van der Waals surface area contributed by atoms with Crippen LogP contribution in [0.2, 0.25) is 0 Å². The van der Waals surface area contributed by atoms with Gasteiger partial charge in [0.1, 0.15) is 5.82 Å². The van der Waals surface area contributed by atoms with Crippen LogP contribution in [-0.4, -0.2) is 57.5 Å². The molecule has 1 fully saturated rings. The standard InChI is InChI=1S/C20H27FN6O2S/c1-14(26-11-4-3-5-12-26)18-24-25-20(27(18)16-8-6-15(21)7-9-16)30-13-10-17(28)23-19(29)22-2/h6-9,14H,3-5,10-13H2,1-2H3,(H2,22,23,28,29)/t14-/m0/s1. The molecule has 3 amide bonds. The molecule has 1 aromatic heterocycles. The van der Waals surface area contributed by atoms with Crippen LogP contribution < -0.4 is 10.6 Å². The van der Waals surface area contributed by atoms with Gasteiger partial charge in [0, 0.05) is 24.9 Å². The molecule has 2 aromatic rings. The van der Waals surface area contributed by atoms with E-state index in [1.807, 2.05) is 4.57 Å². The Labute approximate surface area is 179 Å². The number of nitrogens with zero attached hydrogens (tertiary/aromatic N) is 4. The summed E-state index contributed by atoms with van der Waals surface area (Å²) in [6.07, 6.45) is 3.73. The summed E-state index contributed by atoms with van der Waals surface area (Å²) >= 11 is 1.38. The van der Waals surface area contributed by atoms with E-state index in [1.54, 1.807) is 12.1 Å². The van der Waals surface area contributed by atoms with Crippen molar-refractivity contribution < 1.29 is 14.0 Å². The molecule has 8 nitrogen and oxygen atoms in total. The van der Waals surface area contributed by atoms with Crippen molar-refractivity contribution in [3.05, 3.63) is 35.9 Å². The number of urea groups is 1. The van der Waals surface area contributed by atoms with Gasteiger partial charge in [-0.1, -0.05) is 18.2 Å². The Morgan fingerprint density at radius 3 is 2.53 bits per heavy atom. The van der Waals surface area contributed by atoms with Crippen LogP contribution in [0.25, 0.3) is 5.69 Å². The monoisotopic (exact) mass is 434 g/mol.